The van der Waals surface area contributed by atoms with E-state index in [2.05, 4.69) is 5.32 Å². The summed E-state index contributed by atoms with van der Waals surface area (Å²) in [5.74, 6) is -0.0863. The van der Waals surface area contributed by atoms with Gasteiger partial charge < -0.3 is 10.2 Å². The van der Waals surface area contributed by atoms with E-state index < -0.39 is 11.7 Å². The molecule has 1 aromatic carbocycles. The summed E-state index contributed by atoms with van der Waals surface area (Å²) in [4.78, 5) is 14.2. The molecule has 0 saturated heterocycles. The van der Waals surface area contributed by atoms with Crippen LogP contribution < -0.4 is 5.32 Å². The van der Waals surface area contributed by atoms with E-state index in [4.69, 9.17) is 0 Å². The average molecular weight is 314 g/mol. The minimum atomic E-state index is -4.33. The molecule has 1 aromatic rings. The first-order valence-electron chi connectivity index (χ1n) is 7.44. The lowest BCUT2D eigenvalue weighted by atomic mass is 10.1. The number of rotatable bonds is 6. The second-order valence-electron chi connectivity index (χ2n) is 5.85. The van der Waals surface area contributed by atoms with Crippen LogP contribution in [0.4, 0.5) is 13.2 Å². The van der Waals surface area contributed by atoms with Gasteiger partial charge in [-0.25, -0.2) is 0 Å². The van der Waals surface area contributed by atoms with Gasteiger partial charge in [0.05, 0.1) is 5.56 Å². The van der Waals surface area contributed by atoms with Gasteiger partial charge in [-0.05, 0) is 37.6 Å². The normalized spacial score (nSPS) is 16.4. The van der Waals surface area contributed by atoms with Crippen LogP contribution in [-0.2, 0) is 17.5 Å². The maximum atomic E-state index is 12.6. The SMILES string of the molecule is CNCC(C)C(=O)N(Cc1ccc(C(F)(F)F)cc1)C1CC1. The number of nitrogens with one attached hydrogen (secondary N) is 1. The van der Waals surface area contributed by atoms with Gasteiger partial charge in [0.2, 0.25) is 5.91 Å². The Morgan fingerprint density at radius 2 is 1.91 bits per heavy atom. The number of amides is 1. The minimum Gasteiger partial charge on any atom is -0.335 e. The molecule has 2 rings (SSSR count). The fourth-order valence-electron chi connectivity index (χ4n) is 2.45. The van der Waals surface area contributed by atoms with Crippen molar-refractivity contribution in [3.8, 4) is 0 Å². The van der Waals surface area contributed by atoms with Crippen LogP contribution in [0.25, 0.3) is 0 Å². The smallest absolute Gasteiger partial charge is 0.335 e. The van der Waals surface area contributed by atoms with Crippen LogP contribution in [0, 0.1) is 5.92 Å². The molecule has 3 nitrogen and oxygen atoms in total. The first kappa shape index (κ1) is 16.8. The molecule has 1 atom stereocenters. The molecule has 0 heterocycles. The van der Waals surface area contributed by atoms with Crippen LogP contribution in [-0.4, -0.2) is 30.4 Å². The van der Waals surface area contributed by atoms with E-state index in [1.54, 1.807) is 11.9 Å². The highest BCUT2D eigenvalue weighted by atomic mass is 19.4. The summed E-state index contributed by atoms with van der Waals surface area (Å²) in [6.45, 7) is 2.83. The highest BCUT2D eigenvalue weighted by Gasteiger charge is 2.34. The van der Waals surface area contributed by atoms with Gasteiger partial charge in [0.1, 0.15) is 0 Å². The average Bonchev–Trinajstić information content (AvgIpc) is 3.28. The third-order valence-electron chi connectivity index (χ3n) is 3.84. The van der Waals surface area contributed by atoms with Crippen molar-refractivity contribution >= 4 is 5.91 Å². The lowest BCUT2D eigenvalue weighted by Crippen LogP contribution is -2.39. The maximum absolute atomic E-state index is 12.6. The van der Waals surface area contributed by atoms with E-state index in [-0.39, 0.29) is 17.9 Å². The molecule has 1 amide bonds. The molecule has 0 bridgehead atoms. The fourth-order valence-corrected chi connectivity index (χ4v) is 2.45. The molecule has 1 N–H and O–H groups in total. The molecule has 1 aliphatic carbocycles. The summed E-state index contributed by atoms with van der Waals surface area (Å²) in [5.41, 5.74) is 0.0639. The van der Waals surface area contributed by atoms with E-state index in [0.29, 0.717) is 13.1 Å². The number of carbonyl (C=O) groups is 1. The highest BCUT2D eigenvalue weighted by molar-refractivity contribution is 5.79. The van der Waals surface area contributed by atoms with E-state index in [0.717, 1.165) is 30.5 Å². The van der Waals surface area contributed by atoms with Gasteiger partial charge >= 0.3 is 6.18 Å². The fraction of sp³-hybridized carbons (Fsp3) is 0.562. The first-order valence-corrected chi connectivity index (χ1v) is 7.44. The Morgan fingerprint density at radius 1 is 1.32 bits per heavy atom. The molecule has 1 unspecified atom stereocenters. The summed E-state index contributed by atoms with van der Waals surface area (Å²) in [6.07, 6.45) is -2.39. The van der Waals surface area contributed by atoms with Crippen molar-refractivity contribution in [2.45, 2.75) is 38.5 Å². The van der Waals surface area contributed by atoms with Crippen LogP contribution in [0.5, 0.6) is 0 Å². The number of halogens is 3. The Morgan fingerprint density at radius 3 is 2.36 bits per heavy atom. The molecule has 0 aliphatic heterocycles. The zero-order valence-corrected chi connectivity index (χ0v) is 12.8. The zero-order valence-electron chi connectivity index (χ0n) is 12.8. The number of nitrogens with zero attached hydrogens (tertiary/aromatic N) is 1. The van der Waals surface area contributed by atoms with Crippen molar-refractivity contribution in [1.82, 2.24) is 10.2 Å². The van der Waals surface area contributed by atoms with Crippen molar-refractivity contribution < 1.29 is 18.0 Å². The number of carbonyl (C=O) groups excluding carboxylic acids is 1. The predicted octanol–water partition coefficient (Wildman–Crippen LogP) is 3.05. The third-order valence-corrected chi connectivity index (χ3v) is 3.84. The first-order chi connectivity index (χ1) is 10.3. The van der Waals surface area contributed by atoms with Crippen LogP contribution in [0.1, 0.15) is 30.9 Å². The summed E-state index contributed by atoms with van der Waals surface area (Å²) in [5, 5.41) is 2.98. The van der Waals surface area contributed by atoms with Crippen molar-refractivity contribution in [3.05, 3.63) is 35.4 Å². The number of hydrogen-bond donors (Lipinski definition) is 1. The van der Waals surface area contributed by atoms with E-state index >= 15 is 0 Å². The lowest BCUT2D eigenvalue weighted by molar-refractivity contribution is -0.138. The van der Waals surface area contributed by atoms with E-state index in [1.165, 1.54) is 12.1 Å². The molecule has 1 fully saturated rings. The van der Waals surface area contributed by atoms with Crippen molar-refractivity contribution in [3.63, 3.8) is 0 Å². The molecular formula is C16H21F3N2O. The molecule has 6 heteroatoms. The second-order valence-corrected chi connectivity index (χ2v) is 5.85. The molecule has 1 aliphatic rings. The Labute approximate surface area is 128 Å². The Bertz CT molecular complexity index is 509. The quantitative estimate of drug-likeness (QED) is 0.875. The number of alkyl halides is 3. The highest BCUT2D eigenvalue weighted by Crippen LogP contribution is 2.31. The van der Waals surface area contributed by atoms with E-state index in [9.17, 15) is 18.0 Å². The lowest BCUT2D eigenvalue weighted by Gasteiger charge is -2.26. The maximum Gasteiger partial charge on any atom is 0.416 e. The van der Waals surface area contributed by atoms with Gasteiger partial charge in [-0.1, -0.05) is 19.1 Å². The van der Waals surface area contributed by atoms with Gasteiger partial charge in [0.25, 0.3) is 0 Å². The van der Waals surface area contributed by atoms with Crippen molar-refractivity contribution in [1.29, 1.82) is 0 Å². The predicted molar refractivity (Wildman–Crippen MR) is 78.1 cm³/mol. The van der Waals surface area contributed by atoms with Crippen molar-refractivity contribution in [2.75, 3.05) is 13.6 Å². The number of benzene rings is 1. The summed E-state index contributed by atoms with van der Waals surface area (Å²) in [7, 11) is 1.79. The minimum absolute atomic E-state index is 0.0525. The molecule has 0 spiro atoms. The van der Waals surface area contributed by atoms with Gasteiger partial charge in [0.15, 0.2) is 0 Å². The van der Waals surface area contributed by atoms with E-state index in [1.807, 2.05) is 6.92 Å². The Hall–Kier alpha value is -1.56. The summed E-state index contributed by atoms with van der Waals surface area (Å²) >= 11 is 0. The standard InChI is InChI=1S/C16H21F3N2O/c1-11(9-20-2)15(22)21(14-7-8-14)10-12-3-5-13(6-4-12)16(17,18)19/h3-6,11,14,20H,7-10H2,1-2H3. The molecule has 0 radical (unpaired) electrons. The molecular weight excluding hydrogens is 293 g/mol. The Kier molecular flexibility index (Phi) is 5.11. The molecule has 1 saturated carbocycles. The third kappa shape index (κ3) is 4.22. The van der Waals surface area contributed by atoms with Crippen LogP contribution in [0.3, 0.4) is 0 Å². The van der Waals surface area contributed by atoms with Crippen molar-refractivity contribution in [2.24, 2.45) is 5.92 Å². The monoisotopic (exact) mass is 314 g/mol. The second kappa shape index (κ2) is 6.69. The van der Waals surface area contributed by atoms with Crippen LogP contribution in [0.15, 0.2) is 24.3 Å². The molecule has 0 aromatic heterocycles. The largest absolute Gasteiger partial charge is 0.416 e. The van der Waals surface area contributed by atoms with Gasteiger partial charge in [-0.15, -0.1) is 0 Å². The molecule has 22 heavy (non-hydrogen) atoms. The van der Waals surface area contributed by atoms with Crippen LogP contribution in [0.2, 0.25) is 0 Å². The summed E-state index contributed by atoms with van der Waals surface area (Å²) in [6, 6.07) is 5.28. The van der Waals surface area contributed by atoms with Gasteiger partial charge in [-0.2, -0.15) is 13.2 Å². The zero-order chi connectivity index (χ0) is 16.3. The van der Waals surface area contributed by atoms with Gasteiger partial charge in [-0.3, -0.25) is 4.79 Å². The summed E-state index contributed by atoms with van der Waals surface area (Å²) < 4.78 is 37.7. The van der Waals surface area contributed by atoms with Gasteiger partial charge in [0, 0.05) is 25.0 Å². The number of hydrogen-bond acceptors (Lipinski definition) is 2. The molecule has 122 valence electrons. The van der Waals surface area contributed by atoms with Crippen LogP contribution >= 0.6 is 0 Å². The Balaban J connectivity index is 2.07. The topological polar surface area (TPSA) is 32.3 Å².